The Morgan fingerprint density at radius 2 is 1.87 bits per heavy atom. The molecule has 0 spiro atoms. The molecule has 0 atom stereocenters. The Kier molecular flexibility index (Phi) is 6.41. The first-order valence-electron chi connectivity index (χ1n) is 5.49. The van der Waals surface area contributed by atoms with Crippen LogP contribution in [-0.2, 0) is 6.54 Å². The molecule has 0 amide bonds. The second-order valence-corrected chi connectivity index (χ2v) is 3.88. The van der Waals surface area contributed by atoms with Crippen molar-refractivity contribution in [1.82, 2.24) is 10.6 Å². The van der Waals surface area contributed by atoms with E-state index in [0.717, 1.165) is 37.6 Å². The number of halogens is 1. The van der Waals surface area contributed by atoms with Crippen molar-refractivity contribution >= 4 is 11.6 Å². The van der Waals surface area contributed by atoms with E-state index in [9.17, 15) is 0 Å². The zero-order valence-corrected chi connectivity index (χ0v) is 9.98. The van der Waals surface area contributed by atoms with E-state index in [1.807, 2.05) is 18.2 Å². The molecule has 15 heavy (non-hydrogen) atoms. The van der Waals surface area contributed by atoms with Gasteiger partial charge in [0.15, 0.2) is 0 Å². The van der Waals surface area contributed by atoms with Gasteiger partial charge in [-0.25, -0.2) is 0 Å². The topological polar surface area (TPSA) is 24.1 Å². The summed E-state index contributed by atoms with van der Waals surface area (Å²) < 4.78 is 0. The molecule has 0 bridgehead atoms. The van der Waals surface area contributed by atoms with Gasteiger partial charge >= 0.3 is 0 Å². The van der Waals surface area contributed by atoms with Gasteiger partial charge in [-0.1, -0.05) is 36.7 Å². The largest absolute Gasteiger partial charge is 0.317 e. The highest BCUT2D eigenvalue weighted by Gasteiger charge is 1.96. The molecule has 84 valence electrons. The quantitative estimate of drug-likeness (QED) is 0.698. The highest BCUT2D eigenvalue weighted by Crippen LogP contribution is 2.13. The van der Waals surface area contributed by atoms with Crippen LogP contribution in [-0.4, -0.2) is 19.6 Å². The van der Waals surface area contributed by atoms with E-state index in [4.69, 9.17) is 11.6 Å². The van der Waals surface area contributed by atoms with Crippen LogP contribution in [0.1, 0.15) is 18.9 Å². The van der Waals surface area contributed by atoms with Gasteiger partial charge in [0.25, 0.3) is 0 Å². The van der Waals surface area contributed by atoms with Crippen molar-refractivity contribution in [2.45, 2.75) is 19.9 Å². The van der Waals surface area contributed by atoms with Crippen molar-refractivity contribution in [2.75, 3.05) is 19.6 Å². The summed E-state index contributed by atoms with van der Waals surface area (Å²) in [4.78, 5) is 0. The normalized spacial score (nSPS) is 10.5. The highest BCUT2D eigenvalue weighted by atomic mass is 35.5. The molecule has 0 saturated heterocycles. The summed E-state index contributed by atoms with van der Waals surface area (Å²) >= 11 is 6.03. The number of rotatable bonds is 7. The van der Waals surface area contributed by atoms with Crippen LogP contribution >= 0.6 is 11.6 Å². The molecule has 1 aromatic rings. The molecular formula is C12H19ClN2. The van der Waals surface area contributed by atoms with Gasteiger partial charge in [0.05, 0.1) is 0 Å². The molecule has 0 aromatic heterocycles. The minimum atomic E-state index is 0.844. The molecule has 0 saturated carbocycles. The van der Waals surface area contributed by atoms with Crippen molar-refractivity contribution in [2.24, 2.45) is 0 Å². The minimum Gasteiger partial charge on any atom is -0.317 e. The lowest BCUT2D eigenvalue weighted by atomic mass is 10.2. The van der Waals surface area contributed by atoms with E-state index in [1.165, 1.54) is 5.56 Å². The molecule has 0 aliphatic rings. The summed E-state index contributed by atoms with van der Waals surface area (Å²) in [5.41, 5.74) is 1.17. The number of hydrogen-bond donors (Lipinski definition) is 2. The fourth-order valence-electron chi connectivity index (χ4n) is 1.38. The molecule has 2 N–H and O–H groups in total. The molecule has 0 fully saturated rings. The van der Waals surface area contributed by atoms with Crippen molar-refractivity contribution in [3.05, 3.63) is 34.9 Å². The zero-order chi connectivity index (χ0) is 10.9. The Bertz CT molecular complexity index is 276. The molecule has 0 aliphatic heterocycles. The maximum absolute atomic E-state index is 6.03. The fourth-order valence-corrected chi connectivity index (χ4v) is 1.58. The minimum absolute atomic E-state index is 0.844. The van der Waals surface area contributed by atoms with E-state index in [2.05, 4.69) is 23.6 Å². The molecule has 0 heterocycles. The lowest BCUT2D eigenvalue weighted by Gasteiger charge is -2.06. The van der Waals surface area contributed by atoms with Gasteiger partial charge < -0.3 is 10.6 Å². The van der Waals surface area contributed by atoms with Crippen LogP contribution in [0.5, 0.6) is 0 Å². The molecule has 0 radical (unpaired) electrons. The van der Waals surface area contributed by atoms with Crippen LogP contribution in [0.25, 0.3) is 0 Å². The van der Waals surface area contributed by atoms with Gasteiger partial charge in [-0.3, -0.25) is 0 Å². The first-order valence-corrected chi connectivity index (χ1v) is 5.87. The standard InChI is InChI=1S/C12H19ClN2/c1-2-14-8-5-9-15-10-11-6-3-4-7-12(11)13/h3-4,6-7,14-15H,2,5,8-10H2,1H3. The van der Waals surface area contributed by atoms with E-state index in [-0.39, 0.29) is 0 Å². The predicted octanol–water partition coefficient (Wildman–Crippen LogP) is 2.43. The van der Waals surface area contributed by atoms with Gasteiger partial charge in [-0.2, -0.15) is 0 Å². The molecule has 0 unspecified atom stereocenters. The Morgan fingerprint density at radius 3 is 2.60 bits per heavy atom. The van der Waals surface area contributed by atoms with Gasteiger partial charge in [0, 0.05) is 11.6 Å². The third-order valence-corrected chi connectivity index (χ3v) is 2.60. The predicted molar refractivity (Wildman–Crippen MR) is 66.3 cm³/mol. The van der Waals surface area contributed by atoms with E-state index < -0.39 is 0 Å². The highest BCUT2D eigenvalue weighted by molar-refractivity contribution is 6.31. The molecule has 1 rings (SSSR count). The summed E-state index contributed by atoms with van der Waals surface area (Å²) in [6, 6.07) is 7.95. The second-order valence-electron chi connectivity index (χ2n) is 3.48. The van der Waals surface area contributed by atoms with Crippen molar-refractivity contribution in [3.63, 3.8) is 0 Å². The van der Waals surface area contributed by atoms with Gasteiger partial charge in [0.2, 0.25) is 0 Å². The average Bonchev–Trinajstić information content (AvgIpc) is 2.25. The van der Waals surface area contributed by atoms with E-state index in [1.54, 1.807) is 0 Å². The molecule has 1 aromatic carbocycles. The number of hydrogen-bond acceptors (Lipinski definition) is 2. The third-order valence-electron chi connectivity index (χ3n) is 2.23. The monoisotopic (exact) mass is 226 g/mol. The smallest absolute Gasteiger partial charge is 0.0450 e. The van der Waals surface area contributed by atoms with E-state index in [0.29, 0.717) is 0 Å². The fraction of sp³-hybridized carbons (Fsp3) is 0.500. The summed E-state index contributed by atoms with van der Waals surface area (Å²) in [7, 11) is 0. The zero-order valence-electron chi connectivity index (χ0n) is 9.22. The number of benzene rings is 1. The average molecular weight is 227 g/mol. The summed E-state index contributed by atoms with van der Waals surface area (Å²) in [6.07, 6.45) is 1.15. The van der Waals surface area contributed by atoms with Crippen LogP contribution in [0.3, 0.4) is 0 Å². The Hall–Kier alpha value is -0.570. The summed E-state index contributed by atoms with van der Waals surface area (Å²) in [6.45, 7) is 6.12. The maximum Gasteiger partial charge on any atom is 0.0450 e. The van der Waals surface area contributed by atoms with Crippen LogP contribution in [0, 0.1) is 0 Å². The van der Waals surface area contributed by atoms with Crippen LogP contribution in [0.2, 0.25) is 5.02 Å². The van der Waals surface area contributed by atoms with Crippen molar-refractivity contribution < 1.29 is 0 Å². The van der Waals surface area contributed by atoms with Gasteiger partial charge in [-0.15, -0.1) is 0 Å². The maximum atomic E-state index is 6.03. The van der Waals surface area contributed by atoms with Crippen LogP contribution < -0.4 is 10.6 Å². The van der Waals surface area contributed by atoms with Crippen LogP contribution in [0.4, 0.5) is 0 Å². The summed E-state index contributed by atoms with van der Waals surface area (Å²) in [5.74, 6) is 0. The second kappa shape index (κ2) is 7.69. The third kappa shape index (κ3) is 5.17. The Morgan fingerprint density at radius 1 is 1.13 bits per heavy atom. The molecule has 3 heteroatoms. The van der Waals surface area contributed by atoms with Crippen molar-refractivity contribution in [1.29, 1.82) is 0 Å². The first kappa shape index (κ1) is 12.5. The first-order chi connectivity index (χ1) is 7.34. The molecular weight excluding hydrogens is 208 g/mol. The Balaban J connectivity index is 2.12. The summed E-state index contributed by atoms with van der Waals surface area (Å²) in [5, 5.41) is 7.51. The lowest BCUT2D eigenvalue weighted by Crippen LogP contribution is -2.21. The lowest BCUT2D eigenvalue weighted by molar-refractivity contribution is 0.606. The van der Waals surface area contributed by atoms with E-state index >= 15 is 0 Å². The number of nitrogens with one attached hydrogen (secondary N) is 2. The Labute approximate surface area is 97.0 Å². The molecule has 2 nitrogen and oxygen atoms in total. The van der Waals surface area contributed by atoms with Crippen molar-refractivity contribution in [3.8, 4) is 0 Å². The van der Waals surface area contributed by atoms with Gasteiger partial charge in [-0.05, 0) is 37.7 Å². The van der Waals surface area contributed by atoms with Crippen LogP contribution in [0.15, 0.2) is 24.3 Å². The van der Waals surface area contributed by atoms with Gasteiger partial charge in [0.1, 0.15) is 0 Å². The molecule has 0 aliphatic carbocycles. The SMILES string of the molecule is CCNCCCNCc1ccccc1Cl.